The Hall–Kier alpha value is -4.20. The van der Waals surface area contributed by atoms with Crippen molar-refractivity contribution in [1.82, 2.24) is 5.43 Å². The SMILES string of the molecule is O=C(N/N=C\c1cc2c(cc1[N+](=O)[O-])OCO2)[C@H]1CC1(c1ccccc1)c1ccccc1. The molecule has 0 bridgehead atoms. The second-order valence-electron chi connectivity index (χ2n) is 7.72. The number of ether oxygens (including phenoxy) is 2. The first-order valence-corrected chi connectivity index (χ1v) is 10.1. The molecule has 1 N–H and O–H groups in total. The highest BCUT2D eigenvalue weighted by Crippen LogP contribution is 2.58. The van der Waals surface area contributed by atoms with Crippen LogP contribution in [0.15, 0.2) is 77.9 Å². The summed E-state index contributed by atoms with van der Waals surface area (Å²) < 4.78 is 10.5. The number of hydrogen-bond donors (Lipinski definition) is 1. The molecule has 8 heteroatoms. The third kappa shape index (κ3) is 3.35. The first-order chi connectivity index (χ1) is 15.6. The van der Waals surface area contributed by atoms with Gasteiger partial charge in [-0.15, -0.1) is 0 Å². The molecule has 32 heavy (non-hydrogen) atoms. The first kappa shape index (κ1) is 19.7. The van der Waals surface area contributed by atoms with Crippen LogP contribution in [0.25, 0.3) is 0 Å². The molecule has 0 spiro atoms. The van der Waals surface area contributed by atoms with Gasteiger partial charge >= 0.3 is 0 Å². The number of nitrogens with one attached hydrogen (secondary N) is 1. The minimum Gasteiger partial charge on any atom is -0.454 e. The second kappa shape index (κ2) is 7.81. The van der Waals surface area contributed by atoms with E-state index < -0.39 is 10.3 Å². The molecule has 1 heterocycles. The van der Waals surface area contributed by atoms with Crippen LogP contribution in [0.3, 0.4) is 0 Å². The lowest BCUT2D eigenvalue weighted by Crippen LogP contribution is -2.25. The van der Waals surface area contributed by atoms with E-state index >= 15 is 0 Å². The van der Waals surface area contributed by atoms with Gasteiger partial charge in [-0.05, 0) is 23.6 Å². The maximum Gasteiger partial charge on any atom is 0.282 e. The molecule has 5 rings (SSSR count). The molecule has 0 radical (unpaired) electrons. The number of nitro groups is 1. The van der Waals surface area contributed by atoms with Gasteiger partial charge in [0.05, 0.1) is 28.7 Å². The Bertz CT molecular complexity index is 1170. The number of benzene rings is 3. The van der Waals surface area contributed by atoms with Crippen LogP contribution in [0.2, 0.25) is 0 Å². The highest BCUT2D eigenvalue weighted by atomic mass is 16.7. The topological polar surface area (TPSA) is 103 Å². The first-order valence-electron chi connectivity index (χ1n) is 10.1. The van der Waals surface area contributed by atoms with Gasteiger partial charge in [0, 0.05) is 5.41 Å². The van der Waals surface area contributed by atoms with E-state index in [0.717, 1.165) is 11.1 Å². The Morgan fingerprint density at radius 2 is 1.62 bits per heavy atom. The number of hydrogen-bond acceptors (Lipinski definition) is 6. The van der Waals surface area contributed by atoms with Gasteiger partial charge in [-0.2, -0.15) is 5.10 Å². The summed E-state index contributed by atoms with van der Waals surface area (Å²) in [5.41, 5.74) is 4.33. The van der Waals surface area contributed by atoms with Crippen LogP contribution in [0, 0.1) is 16.0 Å². The van der Waals surface area contributed by atoms with Crippen LogP contribution in [0.4, 0.5) is 5.69 Å². The molecule has 0 saturated heterocycles. The smallest absolute Gasteiger partial charge is 0.282 e. The van der Waals surface area contributed by atoms with E-state index in [4.69, 9.17) is 9.47 Å². The number of carbonyl (C=O) groups is 1. The van der Waals surface area contributed by atoms with Crippen LogP contribution in [-0.2, 0) is 10.2 Å². The monoisotopic (exact) mass is 429 g/mol. The predicted octanol–water partition coefficient (Wildman–Crippen LogP) is 3.78. The van der Waals surface area contributed by atoms with Crippen molar-refractivity contribution in [3.63, 3.8) is 0 Å². The van der Waals surface area contributed by atoms with Gasteiger partial charge in [-0.1, -0.05) is 60.7 Å². The van der Waals surface area contributed by atoms with E-state index in [2.05, 4.69) is 10.5 Å². The average molecular weight is 429 g/mol. The van der Waals surface area contributed by atoms with Crippen LogP contribution < -0.4 is 14.9 Å². The quantitative estimate of drug-likeness (QED) is 0.365. The van der Waals surface area contributed by atoms with Crippen molar-refractivity contribution in [3.8, 4) is 11.5 Å². The van der Waals surface area contributed by atoms with Gasteiger partial charge in [0.2, 0.25) is 12.7 Å². The number of fused-ring (bicyclic) bond motifs is 1. The molecule has 1 aliphatic heterocycles. The molecule has 1 aliphatic carbocycles. The van der Waals surface area contributed by atoms with E-state index in [1.54, 1.807) is 0 Å². The minimum absolute atomic E-state index is 0.00650. The van der Waals surface area contributed by atoms with E-state index in [1.807, 2.05) is 60.7 Å². The van der Waals surface area contributed by atoms with E-state index in [9.17, 15) is 14.9 Å². The molecular weight excluding hydrogens is 410 g/mol. The van der Waals surface area contributed by atoms with Crippen LogP contribution in [-0.4, -0.2) is 23.8 Å². The molecule has 2 aliphatic rings. The summed E-state index contributed by atoms with van der Waals surface area (Å²) in [6, 6.07) is 22.6. The lowest BCUT2D eigenvalue weighted by atomic mass is 9.85. The van der Waals surface area contributed by atoms with Gasteiger partial charge in [-0.3, -0.25) is 14.9 Å². The zero-order valence-electron chi connectivity index (χ0n) is 16.9. The molecule has 0 aromatic heterocycles. The molecule has 3 aromatic rings. The molecule has 8 nitrogen and oxygen atoms in total. The molecule has 160 valence electrons. The Kier molecular flexibility index (Phi) is 4.82. The molecule has 0 unspecified atom stereocenters. The lowest BCUT2D eigenvalue weighted by molar-refractivity contribution is -0.385. The van der Waals surface area contributed by atoms with Crippen molar-refractivity contribution in [2.75, 3.05) is 6.79 Å². The van der Waals surface area contributed by atoms with Crippen molar-refractivity contribution >= 4 is 17.8 Å². The van der Waals surface area contributed by atoms with Gasteiger partial charge in [0.15, 0.2) is 11.5 Å². The van der Waals surface area contributed by atoms with Crippen LogP contribution in [0.5, 0.6) is 11.5 Å². The van der Waals surface area contributed by atoms with Crippen LogP contribution in [0.1, 0.15) is 23.1 Å². The molecule has 1 atom stereocenters. The van der Waals surface area contributed by atoms with Crippen LogP contribution >= 0.6 is 0 Å². The van der Waals surface area contributed by atoms with E-state index in [-0.39, 0.29) is 29.9 Å². The lowest BCUT2D eigenvalue weighted by Gasteiger charge is -2.18. The minimum atomic E-state index is -0.526. The highest BCUT2D eigenvalue weighted by molar-refractivity contribution is 5.90. The maximum absolute atomic E-state index is 13.0. The summed E-state index contributed by atoms with van der Waals surface area (Å²) in [4.78, 5) is 23.8. The van der Waals surface area contributed by atoms with Crippen molar-refractivity contribution in [2.24, 2.45) is 11.0 Å². The van der Waals surface area contributed by atoms with Gasteiger partial charge in [0.25, 0.3) is 5.69 Å². The Balaban J connectivity index is 1.37. The molecule has 1 saturated carbocycles. The fourth-order valence-electron chi connectivity index (χ4n) is 4.31. The highest BCUT2D eigenvalue weighted by Gasteiger charge is 2.60. The van der Waals surface area contributed by atoms with Crippen molar-refractivity contribution < 1.29 is 19.2 Å². The Morgan fingerprint density at radius 3 is 2.22 bits per heavy atom. The summed E-state index contributed by atoms with van der Waals surface area (Å²) in [5, 5.41) is 15.4. The predicted molar refractivity (Wildman–Crippen MR) is 117 cm³/mol. The summed E-state index contributed by atoms with van der Waals surface area (Å²) in [7, 11) is 0. The number of amides is 1. The number of nitrogens with zero attached hydrogens (tertiary/aromatic N) is 2. The Morgan fingerprint density at radius 1 is 1.03 bits per heavy atom. The number of carbonyl (C=O) groups excluding carboxylic acids is 1. The molecule has 3 aromatic carbocycles. The summed E-state index contributed by atoms with van der Waals surface area (Å²) in [6.45, 7) is 0.00650. The Labute approximate surface area is 183 Å². The van der Waals surface area contributed by atoms with Crippen molar-refractivity contribution in [3.05, 3.63) is 99.6 Å². The largest absolute Gasteiger partial charge is 0.454 e. The molecular formula is C24H19N3O5. The summed E-state index contributed by atoms with van der Waals surface area (Å²) >= 11 is 0. The van der Waals surface area contributed by atoms with E-state index in [0.29, 0.717) is 17.9 Å². The number of rotatable bonds is 6. The molecule has 1 fully saturated rings. The average Bonchev–Trinajstić information content (AvgIpc) is 3.43. The maximum atomic E-state index is 13.0. The summed E-state index contributed by atoms with van der Waals surface area (Å²) in [6.07, 6.45) is 1.92. The van der Waals surface area contributed by atoms with Crippen molar-refractivity contribution in [1.29, 1.82) is 0 Å². The molecule has 1 amide bonds. The van der Waals surface area contributed by atoms with Gasteiger partial charge in [0.1, 0.15) is 0 Å². The van der Waals surface area contributed by atoms with Crippen molar-refractivity contribution in [2.45, 2.75) is 11.8 Å². The fraction of sp³-hybridized carbons (Fsp3) is 0.167. The van der Waals surface area contributed by atoms with Gasteiger partial charge < -0.3 is 9.47 Å². The fourth-order valence-corrected chi connectivity index (χ4v) is 4.31. The van der Waals surface area contributed by atoms with E-state index in [1.165, 1.54) is 18.3 Å². The number of nitro benzene ring substituents is 1. The standard InChI is InChI=1S/C24H19N3O5/c28-23(26-25-14-16-11-21-22(32-15-31-21)12-20(16)27(29)30)19-13-24(19,17-7-3-1-4-8-17)18-9-5-2-6-10-18/h1-12,14,19H,13,15H2,(H,26,28)/b25-14-/t19-/m1/s1. The third-order valence-corrected chi connectivity index (χ3v) is 5.95. The summed E-state index contributed by atoms with van der Waals surface area (Å²) in [5.74, 6) is 0.178. The third-order valence-electron chi connectivity index (χ3n) is 5.95. The zero-order chi connectivity index (χ0) is 22.1. The zero-order valence-corrected chi connectivity index (χ0v) is 16.9. The van der Waals surface area contributed by atoms with Gasteiger partial charge in [-0.25, -0.2) is 5.43 Å². The number of hydrazone groups is 1. The second-order valence-corrected chi connectivity index (χ2v) is 7.72. The normalized spacial score (nSPS) is 17.8.